The predicted molar refractivity (Wildman–Crippen MR) is 132 cm³/mol. The topological polar surface area (TPSA) is 114 Å². The molecule has 0 aliphatic rings. The quantitative estimate of drug-likeness (QED) is 0.184. The summed E-state index contributed by atoms with van der Waals surface area (Å²) in [5, 5.41) is 14.0. The molecule has 4 aromatic rings. The molecule has 1 amide bonds. The van der Waals surface area contributed by atoms with Crippen molar-refractivity contribution in [2.75, 3.05) is 5.75 Å². The van der Waals surface area contributed by atoms with E-state index in [9.17, 15) is 19.5 Å². The highest BCUT2D eigenvalue weighted by Gasteiger charge is 2.15. The molecule has 170 valence electrons. The second-order valence-corrected chi connectivity index (χ2v) is 8.30. The van der Waals surface area contributed by atoms with Gasteiger partial charge in [-0.05, 0) is 37.3 Å². The summed E-state index contributed by atoms with van der Waals surface area (Å²) in [6, 6.07) is 20.9. The first-order valence-corrected chi connectivity index (χ1v) is 11.3. The number of amides is 1. The minimum absolute atomic E-state index is 0.0471. The molecule has 2 N–H and O–H groups in total. The molecular formula is C25H20N4O4S. The minimum Gasteiger partial charge on any atom is -0.478 e. The molecule has 0 saturated carbocycles. The summed E-state index contributed by atoms with van der Waals surface area (Å²) in [6.07, 6.45) is 1.28. The van der Waals surface area contributed by atoms with E-state index in [0.29, 0.717) is 27.3 Å². The van der Waals surface area contributed by atoms with Gasteiger partial charge in [-0.15, -0.1) is 0 Å². The van der Waals surface area contributed by atoms with Crippen LogP contribution < -0.4 is 11.0 Å². The van der Waals surface area contributed by atoms with Gasteiger partial charge in [0, 0.05) is 5.56 Å². The van der Waals surface area contributed by atoms with Crippen molar-refractivity contribution >= 4 is 40.8 Å². The second kappa shape index (κ2) is 10.1. The number of para-hydroxylation sites is 1. The van der Waals surface area contributed by atoms with Crippen LogP contribution in [0.25, 0.3) is 16.6 Å². The fraction of sp³-hybridized carbons (Fsp3) is 0.0800. The summed E-state index contributed by atoms with van der Waals surface area (Å²) >= 11 is 1.11. The average Bonchev–Trinajstić information content (AvgIpc) is 2.84. The number of aromatic carboxylic acids is 1. The highest BCUT2D eigenvalue weighted by molar-refractivity contribution is 7.99. The maximum absolute atomic E-state index is 13.2. The maximum atomic E-state index is 13.2. The SMILES string of the molecule is Cc1ccc(-n2c(SCC(=O)N/N=C\c3ccccc3C(=O)O)nc3ccccc3c2=O)cc1. The number of benzene rings is 3. The van der Waals surface area contributed by atoms with Crippen LogP contribution in [0.2, 0.25) is 0 Å². The van der Waals surface area contributed by atoms with Crippen molar-refractivity contribution in [3.05, 3.63) is 99.8 Å². The number of carbonyl (C=O) groups excluding carboxylic acids is 1. The number of fused-ring (bicyclic) bond motifs is 1. The normalized spacial score (nSPS) is 11.1. The summed E-state index contributed by atoms with van der Waals surface area (Å²) in [5.74, 6) is -1.55. The summed E-state index contributed by atoms with van der Waals surface area (Å²) in [6.45, 7) is 1.96. The Morgan fingerprint density at radius 2 is 1.76 bits per heavy atom. The molecule has 0 aliphatic heterocycles. The highest BCUT2D eigenvalue weighted by Crippen LogP contribution is 2.21. The van der Waals surface area contributed by atoms with Crippen LogP contribution in [0.3, 0.4) is 0 Å². The number of carboxylic acids is 1. The van der Waals surface area contributed by atoms with Crippen LogP contribution in [-0.4, -0.2) is 38.5 Å². The summed E-state index contributed by atoms with van der Waals surface area (Å²) in [7, 11) is 0. The van der Waals surface area contributed by atoms with Crippen LogP contribution in [0.5, 0.6) is 0 Å². The van der Waals surface area contributed by atoms with Gasteiger partial charge in [-0.2, -0.15) is 5.10 Å². The lowest BCUT2D eigenvalue weighted by Gasteiger charge is -2.13. The Kier molecular flexibility index (Phi) is 6.84. The number of thioether (sulfide) groups is 1. The number of hydrogen-bond acceptors (Lipinski definition) is 6. The molecule has 34 heavy (non-hydrogen) atoms. The van der Waals surface area contributed by atoms with Crippen LogP contribution in [0, 0.1) is 6.92 Å². The molecule has 1 heterocycles. The largest absolute Gasteiger partial charge is 0.478 e. The van der Waals surface area contributed by atoms with Crippen molar-refractivity contribution in [3.8, 4) is 5.69 Å². The van der Waals surface area contributed by atoms with Gasteiger partial charge in [-0.1, -0.05) is 59.8 Å². The fourth-order valence-electron chi connectivity index (χ4n) is 3.27. The Hall–Kier alpha value is -4.24. The number of hydrogen-bond donors (Lipinski definition) is 2. The van der Waals surface area contributed by atoms with Gasteiger partial charge in [0.1, 0.15) is 0 Å². The number of aromatic nitrogens is 2. The van der Waals surface area contributed by atoms with E-state index in [1.54, 1.807) is 42.5 Å². The molecule has 0 bridgehead atoms. The number of aryl methyl sites for hydroxylation is 1. The molecule has 0 radical (unpaired) electrons. The molecule has 0 spiro atoms. The molecule has 0 unspecified atom stereocenters. The number of rotatable bonds is 7. The molecule has 1 aromatic heterocycles. The molecule has 0 atom stereocenters. The lowest BCUT2D eigenvalue weighted by Crippen LogP contribution is -2.24. The maximum Gasteiger partial charge on any atom is 0.336 e. The summed E-state index contributed by atoms with van der Waals surface area (Å²) < 4.78 is 1.49. The lowest BCUT2D eigenvalue weighted by molar-refractivity contribution is -0.118. The van der Waals surface area contributed by atoms with Crippen LogP contribution in [-0.2, 0) is 4.79 Å². The van der Waals surface area contributed by atoms with Gasteiger partial charge in [-0.25, -0.2) is 15.2 Å². The van der Waals surface area contributed by atoms with Crippen molar-refractivity contribution in [1.82, 2.24) is 15.0 Å². The number of nitrogens with one attached hydrogen (secondary N) is 1. The van der Waals surface area contributed by atoms with Crippen LogP contribution in [0.4, 0.5) is 0 Å². The van der Waals surface area contributed by atoms with Crippen LogP contribution in [0.1, 0.15) is 21.5 Å². The van der Waals surface area contributed by atoms with Crippen LogP contribution >= 0.6 is 11.8 Å². The van der Waals surface area contributed by atoms with E-state index < -0.39 is 11.9 Å². The zero-order chi connectivity index (χ0) is 24.1. The number of hydrazone groups is 1. The van der Waals surface area contributed by atoms with Crippen molar-refractivity contribution in [3.63, 3.8) is 0 Å². The van der Waals surface area contributed by atoms with Gasteiger partial charge < -0.3 is 5.11 Å². The van der Waals surface area contributed by atoms with Gasteiger partial charge in [-0.3, -0.25) is 14.2 Å². The van der Waals surface area contributed by atoms with E-state index in [4.69, 9.17) is 0 Å². The molecule has 9 heteroatoms. The van der Waals surface area contributed by atoms with E-state index in [1.165, 1.54) is 16.8 Å². The van der Waals surface area contributed by atoms with Gasteiger partial charge >= 0.3 is 5.97 Å². The number of carbonyl (C=O) groups is 2. The lowest BCUT2D eigenvalue weighted by atomic mass is 10.1. The third-order valence-corrected chi connectivity index (χ3v) is 5.89. The second-order valence-electron chi connectivity index (χ2n) is 7.36. The fourth-order valence-corrected chi connectivity index (χ4v) is 4.08. The predicted octanol–water partition coefficient (Wildman–Crippen LogP) is 3.63. The first kappa shape index (κ1) is 22.9. The smallest absolute Gasteiger partial charge is 0.336 e. The Labute approximate surface area is 199 Å². The minimum atomic E-state index is -1.08. The molecular weight excluding hydrogens is 452 g/mol. The Morgan fingerprint density at radius 3 is 2.53 bits per heavy atom. The van der Waals surface area contributed by atoms with Gasteiger partial charge in [0.25, 0.3) is 11.5 Å². The first-order valence-electron chi connectivity index (χ1n) is 10.3. The zero-order valence-corrected chi connectivity index (χ0v) is 19.0. The Bertz CT molecular complexity index is 1460. The molecule has 8 nitrogen and oxygen atoms in total. The summed E-state index contributed by atoms with van der Waals surface area (Å²) in [4.78, 5) is 41.5. The number of carboxylic acid groups (broad SMARTS) is 1. The van der Waals surface area contributed by atoms with Crippen molar-refractivity contribution < 1.29 is 14.7 Å². The molecule has 0 saturated heterocycles. The van der Waals surface area contributed by atoms with Gasteiger partial charge in [0.2, 0.25) is 0 Å². The summed E-state index contributed by atoms with van der Waals surface area (Å²) in [5.41, 5.74) is 4.87. The molecule has 0 aliphatic carbocycles. The number of nitrogens with zero attached hydrogens (tertiary/aromatic N) is 3. The zero-order valence-electron chi connectivity index (χ0n) is 18.1. The van der Waals surface area contributed by atoms with Crippen molar-refractivity contribution in [2.24, 2.45) is 5.10 Å². The van der Waals surface area contributed by atoms with E-state index >= 15 is 0 Å². The van der Waals surface area contributed by atoms with Gasteiger partial charge in [0.05, 0.1) is 34.1 Å². The van der Waals surface area contributed by atoms with Crippen molar-refractivity contribution in [1.29, 1.82) is 0 Å². The van der Waals surface area contributed by atoms with E-state index in [0.717, 1.165) is 17.3 Å². The molecule has 0 fully saturated rings. The molecule has 4 rings (SSSR count). The standard InChI is InChI=1S/C25H20N4O4S/c1-16-10-12-18(13-11-16)29-23(31)20-8-4-5-9-21(20)27-25(29)34-15-22(30)28-26-14-17-6-2-3-7-19(17)24(32)33/h2-14H,15H2,1H3,(H,28,30)(H,32,33)/b26-14-. The third-order valence-electron chi connectivity index (χ3n) is 4.95. The van der Waals surface area contributed by atoms with Crippen molar-refractivity contribution in [2.45, 2.75) is 12.1 Å². The van der Waals surface area contributed by atoms with E-state index in [2.05, 4.69) is 15.5 Å². The Morgan fingerprint density at radius 1 is 1.06 bits per heavy atom. The highest BCUT2D eigenvalue weighted by atomic mass is 32.2. The monoisotopic (exact) mass is 472 g/mol. The first-order chi connectivity index (χ1) is 16.4. The van der Waals surface area contributed by atoms with E-state index in [1.807, 2.05) is 31.2 Å². The van der Waals surface area contributed by atoms with Crippen LogP contribution in [0.15, 0.2) is 87.8 Å². The average molecular weight is 473 g/mol. The molecule has 3 aromatic carbocycles. The van der Waals surface area contributed by atoms with E-state index in [-0.39, 0.29) is 16.9 Å². The third kappa shape index (κ3) is 5.05. The van der Waals surface area contributed by atoms with Gasteiger partial charge in [0.15, 0.2) is 5.16 Å². The Balaban J connectivity index is 1.56.